The lowest BCUT2D eigenvalue weighted by atomic mass is 9.95. The second-order valence-electron chi connectivity index (χ2n) is 8.74. The summed E-state index contributed by atoms with van der Waals surface area (Å²) >= 11 is 12.1. The molecule has 2 bridgehead atoms. The molecule has 2 fully saturated rings. The van der Waals surface area contributed by atoms with Gasteiger partial charge in [-0.1, -0.05) is 53.9 Å². The van der Waals surface area contributed by atoms with E-state index in [2.05, 4.69) is 5.32 Å². The first-order valence-electron chi connectivity index (χ1n) is 11.2. The van der Waals surface area contributed by atoms with Crippen molar-refractivity contribution in [2.75, 3.05) is 0 Å². The van der Waals surface area contributed by atoms with Crippen LogP contribution in [0.1, 0.15) is 46.4 Å². The number of amides is 1. The summed E-state index contributed by atoms with van der Waals surface area (Å²) in [7, 11) is 0. The summed E-state index contributed by atoms with van der Waals surface area (Å²) in [5.41, 5.74) is -0.154. The van der Waals surface area contributed by atoms with Crippen LogP contribution in [0.25, 0.3) is 0 Å². The molecule has 4 rings (SSSR count). The molecule has 0 unspecified atom stereocenters. The third-order valence-electron chi connectivity index (χ3n) is 6.50. The maximum absolute atomic E-state index is 13.3. The number of ether oxygens (including phenoxy) is 2. The molecular formula is C25H23Cl2NO7. The number of hydrogen-bond donors (Lipinski definition) is 2. The quantitative estimate of drug-likeness (QED) is 0.503. The standard InChI is InChI=1S/C25H23Cl2NO7/c26-17-7-3-1-5-15(17)24(32)34-20(22(29)28-19-12-13-9-10-14(19)11-13)21(23(30)31)35-25(33)16-6-2-4-8-18(16)27/h1-8,13-14,19-21H,9-12H2,(H,28,29)(H,30,31)/t13-,14-,19-,20-,21-/m0/s1. The number of aliphatic carboxylic acids is 1. The van der Waals surface area contributed by atoms with E-state index < -0.39 is 36.0 Å². The van der Waals surface area contributed by atoms with Crippen molar-refractivity contribution in [1.29, 1.82) is 0 Å². The van der Waals surface area contributed by atoms with E-state index in [9.17, 15) is 24.3 Å². The van der Waals surface area contributed by atoms with Gasteiger partial charge in [-0.25, -0.2) is 14.4 Å². The predicted molar refractivity (Wildman–Crippen MR) is 126 cm³/mol. The molecule has 2 aromatic rings. The number of halogens is 2. The van der Waals surface area contributed by atoms with Gasteiger partial charge in [-0.2, -0.15) is 0 Å². The molecule has 10 heteroatoms. The van der Waals surface area contributed by atoms with E-state index in [1.54, 1.807) is 18.2 Å². The first kappa shape index (κ1) is 25.0. The Labute approximate surface area is 211 Å². The lowest BCUT2D eigenvalue weighted by molar-refractivity contribution is -0.159. The molecule has 35 heavy (non-hydrogen) atoms. The largest absolute Gasteiger partial charge is 0.478 e. The number of carbonyl (C=O) groups is 4. The highest BCUT2D eigenvalue weighted by atomic mass is 35.5. The Morgan fingerprint density at radius 1 is 0.829 bits per heavy atom. The third kappa shape index (κ3) is 5.60. The molecule has 8 nitrogen and oxygen atoms in total. The van der Waals surface area contributed by atoms with Crippen LogP contribution in [0.3, 0.4) is 0 Å². The number of nitrogens with one attached hydrogen (secondary N) is 1. The maximum Gasteiger partial charge on any atom is 0.349 e. The Bertz CT molecular complexity index is 1150. The van der Waals surface area contributed by atoms with Crippen molar-refractivity contribution in [3.8, 4) is 0 Å². The molecule has 2 aromatic carbocycles. The van der Waals surface area contributed by atoms with Crippen molar-refractivity contribution in [3.63, 3.8) is 0 Å². The minimum atomic E-state index is -2.12. The Morgan fingerprint density at radius 3 is 1.83 bits per heavy atom. The second kappa shape index (κ2) is 10.7. The van der Waals surface area contributed by atoms with Crippen molar-refractivity contribution in [3.05, 3.63) is 69.7 Å². The van der Waals surface area contributed by atoms with Crippen LogP contribution in [0.15, 0.2) is 48.5 Å². The second-order valence-corrected chi connectivity index (χ2v) is 9.55. The van der Waals surface area contributed by atoms with Crippen molar-refractivity contribution in [1.82, 2.24) is 5.32 Å². The van der Waals surface area contributed by atoms with Gasteiger partial charge in [0.25, 0.3) is 5.91 Å². The van der Waals surface area contributed by atoms with Crippen LogP contribution in [0.5, 0.6) is 0 Å². The highest BCUT2D eigenvalue weighted by Gasteiger charge is 2.45. The minimum Gasteiger partial charge on any atom is -0.478 e. The molecule has 2 saturated carbocycles. The van der Waals surface area contributed by atoms with E-state index in [1.807, 2.05) is 0 Å². The van der Waals surface area contributed by atoms with Gasteiger partial charge in [0.2, 0.25) is 12.2 Å². The fourth-order valence-corrected chi connectivity index (χ4v) is 5.22. The van der Waals surface area contributed by atoms with E-state index in [0.29, 0.717) is 5.92 Å². The molecule has 0 aliphatic heterocycles. The summed E-state index contributed by atoms with van der Waals surface area (Å²) in [5.74, 6) is -3.84. The van der Waals surface area contributed by atoms with Gasteiger partial charge in [0.05, 0.1) is 21.2 Å². The summed E-state index contributed by atoms with van der Waals surface area (Å²) < 4.78 is 10.5. The fourth-order valence-electron chi connectivity index (χ4n) is 4.79. The predicted octanol–water partition coefficient (Wildman–Crippen LogP) is 4.13. The number of carboxylic acids is 1. The van der Waals surface area contributed by atoms with E-state index >= 15 is 0 Å². The molecule has 5 atom stereocenters. The summed E-state index contributed by atoms with van der Waals surface area (Å²) in [6, 6.07) is 11.7. The number of carbonyl (C=O) groups excluding carboxylic acids is 3. The van der Waals surface area contributed by atoms with Gasteiger partial charge in [-0.15, -0.1) is 0 Å². The van der Waals surface area contributed by atoms with E-state index in [0.717, 1.165) is 25.7 Å². The number of benzene rings is 2. The molecule has 0 heterocycles. The van der Waals surface area contributed by atoms with Crippen molar-refractivity contribution in [2.24, 2.45) is 11.8 Å². The van der Waals surface area contributed by atoms with Crippen LogP contribution in [-0.2, 0) is 19.1 Å². The first-order chi connectivity index (χ1) is 16.7. The van der Waals surface area contributed by atoms with Gasteiger partial charge in [-0.05, 0) is 55.4 Å². The Balaban J connectivity index is 1.59. The monoisotopic (exact) mass is 519 g/mol. The van der Waals surface area contributed by atoms with Crippen LogP contribution in [0.4, 0.5) is 0 Å². The van der Waals surface area contributed by atoms with Crippen LogP contribution >= 0.6 is 23.2 Å². The maximum atomic E-state index is 13.3. The van der Waals surface area contributed by atoms with Gasteiger partial charge >= 0.3 is 17.9 Å². The number of hydrogen-bond acceptors (Lipinski definition) is 6. The highest BCUT2D eigenvalue weighted by Crippen LogP contribution is 2.44. The van der Waals surface area contributed by atoms with Gasteiger partial charge in [0, 0.05) is 6.04 Å². The highest BCUT2D eigenvalue weighted by molar-refractivity contribution is 6.34. The SMILES string of the molecule is O=C(O[C@H](C(=O)O)[C@H](OC(=O)c1ccccc1Cl)C(=O)N[C@H]1C[C@H]2CC[C@H]1C2)c1ccccc1Cl. The van der Waals surface area contributed by atoms with Crippen LogP contribution < -0.4 is 5.32 Å². The molecule has 0 spiro atoms. The lowest BCUT2D eigenvalue weighted by Gasteiger charge is -2.28. The van der Waals surface area contributed by atoms with E-state index in [4.69, 9.17) is 32.7 Å². The molecule has 184 valence electrons. The van der Waals surface area contributed by atoms with Gasteiger partial charge in [0.15, 0.2) is 0 Å². The molecule has 0 aromatic heterocycles. The van der Waals surface area contributed by atoms with E-state index in [1.165, 1.54) is 30.3 Å². The van der Waals surface area contributed by atoms with Gasteiger partial charge < -0.3 is 19.9 Å². The molecule has 2 aliphatic rings. The van der Waals surface area contributed by atoms with Gasteiger partial charge in [0.1, 0.15) is 0 Å². The molecule has 0 saturated heterocycles. The number of carboxylic acid groups (broad SMARTS) is 1. The fraction of sp³-hybridized carbons (Fsp3) is 0.360. The van der Waals surface area contributed by atoms with Crippen molar-refractivity contribution >= 4 is 47.0 Å². The molecule has 2 N–H and O–H groups in total. The van der Waals surface area contributed by atoms with Gasteiger partial charge in [-0.3, -0.25) is 4.79 Å². The zero-order chi connectivity index (χ0) is 25.1. The topological polar surface area (TPSA) is 119 Å². The zero-order valence-electron chi connectivity index (χ0n) is 18.5. The number of esters is 2. The van der Waals surface area contributed by atoms with Crippen LogP contribution in [-0.4, -0.2) is 47.2 Å². The molecule has 1 amide bonds. The van der Waals surface area contributed by atoms with Crippen LogP contribution in [0, 0.1) is 11.8 Å². The van der Waals surface area contributed by atoms with Crippen molar-refractivity contribution in [2.45, 2.75) is 43.9 Å². The van der Waals surface area contributed by atoms with Crippen molar-refractivity contribution < 1.29 is 33.8 Å². The summed E-state index contributed by atoms with van der Waals surface area (Å²) in [6.07, 6.45) is -0.276. The molecule has 0 radical (unpaired) electrons. The first-order valence-corrected chi connectivity index (χ1v) is 11.9. The smallest absolute Gasteiger partial charge is 0.349 e. The summed E-state index contributed by atoms with van der Waals surface area (Å²) in [4.78, 5) is 50.9. The number of fused-ring (bicyclic) bond motifs is 2. The lowest BCUT2D eigenvalue weighted by Crippen LogP contribution is -2.53. The summed E-state index contributed by atoms with van der Waals surface area (Å²) in [5, 5.41) is 12.8. The Kier molecular flexibility index (Phi) is 7.62. The normalized spacial score (nSPS) is 22.2. The summed E-state index contributed by atoms with van der Waals surface area (Å²) in [6.45, 7) is 0. The van der Waals surface area contributed by atoms with E-state index in [-0.39, 0.29) is 33.1 Å². The third-order valence-corrected chi connectivity index (χ3v) is 7.16. The number of rotatable bonds is 8. The zero-order valence-corrected chi connectivity index (χ0v) is 20.0. The average Bonchev–Trinajstić information content (AvgIpc) is 3.44. The minimum absolute atomic E-state index is 0.0395. The average molecular weight is 520 g/mol. The molecule has 2 aliphatic carbocycles. The molecular weight excluding hydrogens is 497 g/mol. The Hall–Kier alpha value is -3.10. The Morgan fingerprint density at radius 2 is 1.37 bits per heavy atom. The van der Waals surface area contributed by atoms with Crippen LogP contribution in [0.2, 0.25) is 10.0 Å².